The number of piperazine rings is 1. The Bertz CT molecular complexity index is 439. The molecular formula is C15H22ClFN2. The van der Waals surface area contributed by atoms with Crippen LogP contribution in [0, 0.1) is 11.7 Å². The highest BCUT2D eigenvalue weighted by Crippen LogP contribution is 2.34. The molecule has 1 unspecified atom stereocenters. The molecule has 2 nitrogen and oxygen atoms in total. The van der Waals surface area contributed by atoms with Crippen LogP contribution in [0.15, 0.2) is 18.2 Å². The van der Waals surface area contributed by atoms with E-state index in [1.54, 1.807) is 12.1 Å². The van der Waals surface area contributed by atoms with Gasteiger partial charge in [0.05, 0.1) is 10.7 Å². The molecule has 0 aliphatic carbocycles. The van der Waals surface area contributed by atoms with E-state index in [2.05, 4.69) is 37.9 Å². The van der Waals surface area contributed by atoms with Crippen molar-refractivity contribution in [1.29, 1.82) is 0 Å². The molecule has 0 aromatic heterocycles. The molecule has 0 radical (unpaired) electrons. The lowest BCUT2D eigenvalue weighted by Gasteiger charge is -2.47. The van der Waals surface area contributed by atoms with Crippen molar-refractivity contribution in [3.63, 3.8) is 0 Å². The van der Waals surface area contributed by atoms with Crippen LogP contribution in [-0.4, -0.2) is 24.7 Å². The third-order valence-electron chi connectivity index (χ3n) is 3.75. The van der Waals surface area contributed by atoms with Gasteiger partial charge in [-0.15, -0.1) is 0 Å². The molecule has 0 amide bonds. The molecule has 19 heavy (non-hydrogen) atoms. The first-order chi connectivity index (χ1) is 8.82. The van der Waals surface area contributed by atoms with Crippen molar-refractivity contribution in [2.24, 2.45) is 5.92 Å². The fourth-order valence-electron chi connectivity index (χ4n) is 2.69. The second-order valence-electron chi connectivity index (χ2n) is 6.27. The van der Waals surface area contributed by atoms with Gasteiger partial charge in [-0.1, -0.05) is 31.5 Å². The number of anilines is 1. The Morgan fingerprint density at radius 2 is 2.11 bits per heavy atom. The maximum atomic E-state index is 14.2. The topological polar surface area (TPSA) is 15.3 Å². The van der Waals surface area contributed by atoms with Gasteiger partial charge in [0, 0.05) is 24.7 Å². The highest BCUT2D eigenvalue weighted by atomic mass is 35.5. The van der Waals surface area contributed by atoms with E-state index in [0.29, 0.717) is 16.6 Å². The van der Waals surface area contributed by atoms with Gasteiger partial charge in [-0.3, -0.25) is 0 Å². The van der Waals surface area contributed by atoms with Crippen LogP contribution in [0.3, 0.4) is 0 Å². The van der Waals surface area contributed by atoms with Crippen LogP contribution in [0.4, 0.5) is 10.1 Å². The normalized spacial score (nSPS) is 22.9. The molecule has 0 bridgehead atoms. The summed E-state index contributed by atoms with van der Waals surface area (Å²) in [4.78, 5) is 2.12. The molecule has 106 valence electrons. The average molecular weight is 285 g/mol. The van der Waals surface area contributed by atoms with Crippen LogP contribution in [-0.2, 0) is 0 Å². The Hall–Kier alpha value is -0.800. The largest absolute Gasteiger partial charge is 0.362 e. The first-order valence-corrected chi connectivity index (χ1v) is 7.15. The number of hydrogen-bond donors (Lipinski definition) is 1. The molecular weight excluding hydrogens is 263 g/mol. The van der Waals surface area contributed by atoms with Gasteiger partial charge in [0.1, 0.15) is 5.82 Å². The van der Waals surface area contributed by atoms with Crippen molar-refractivity contribution in [2.75, 3.05) is 18.0 Å². The summed E-state index contributed by atoms with van der Waals surface area (Å²) in [6.45, 7) is 10.2. The minimum atomic E-state index is -0.240. The predicted octanol–water partition coefficient (Wildman–Crippen LogP) is 3.69. The molecule has 2 rings (SSSR count). The molecule has 1 aromatic carbocycles. The second kappa shape index (κ2) is 5.29. The van der Waals surface area contributed by atoms with Crippen molar-refractivity contribution < 1.29 is 4.39 Å². The van der Waals surface area contributed by atoms with Crippen LogP contribution in [0.5, 0.6) is 0 Å². The van der Waals surface area contributed by atoms with Gasteiger partial charge in [-0.25, -0.2) is 4.39 Å². The zero-order valence-electron chi connectivity index (χ0n) is 12.0. The zero-order valence-corrected chi connectivity index (χ0v) is 12.8. The fourth-order valence-corrected chi connectivity index (χ4v) is 2.97. The van der Waals surface area contributed by atoms with Gasteiger partial charge in [0.15, 0.2) is 0 Å². The fraction of sp³-hybridized carbons (Fsp3) is 0.600. The van der Waals surface area contributed by atoms with Crippen molar-refractivity contribution in [3.05, 3.63) is 29.0 Å². The maximum Gasteiger partial charge on any atom is 0.148 e. The number of nitrogens with one attached hydrogen (secondary N) is 1. The van der Waals surface area contributed by atoms with Crippen LogP contribution in [0.2, 0.25) is 5.02 Å². The lowest BCUT2D eigenvalue weighted by atomic mass is 9.92. The second-order valence-corrected chi connectivity index (χ2v) is 6.68. The molecule has 1 atom stereocenters. The van der Waals surface area contributed by atoms with E-state index in [1.807, 2.05) is 0 Å². The molecule has 1 saturated heterocycles. The van der Waals surface area contributed by atoms with Crippen molar-refractivity contribution >= 4 is 17.3 Å². The number of nitrogens with zero attached hydrogens (tertiary/aromatic N) is 1. The first kappa shape index (κ1) is 14.6. The number of para-hydroxylation sites is 1. The zero-order chi connectivity index (χ0) is 14.2. The summed E-state index contributed by atoms with van der Waals surface area (Å²) < 4.78 is 14.2. The number of rotatable bonds is 2. The lowest BCUT2D eigenvalue weighted by Crippen LogP contribution is -2.63. The molecule has 1 fully saturated rings. The molecule has 1 heterocycles. The number of hydrogen-bond acceptors (Lipinski definition) is 2. The smallest absolute Gasteiger partial charge is 0.148 e. The summed E-state index contributed by atoms with van der Waals surface area (Å²) in [5, 5.41) is 4.01. The van der Waals surface area contributed by atoms with Gasteiger partial charge in [-0.2, -0.15) is 0 Å². The first-order valence-electron chi connectivity index (χ1n) is 6.77. The third-order valence-corrected chi connectivity index (χ3v) is 4.06. The molecule has 0 spiro atoms. The monoisotopic (exact) mass is 284 g/mol. The van der Waals surface area contributed by atoms with E-state index in [1.165, 1.54) is 6.07 Å². The molecule has 4 heteroatoms. The summed E-state index contributed by atoms with van der Waals surface area (Å²) in [5.41, 5.74) is 0.495. The number of benzene rings is 1. The van der Waals surface area contributed by atoms with E-state index >= 15 is 0 Å². The maximum absolute atomic E-state index is 14.2. The molecule has 1 N–H and O–H groups in total. The van der Waals surface area contributed by atoms with E-state index in [-0.39, 0.29) is 17.4 Å². The highest BCUT2D eigenvalue weighted by molar-refractivity contribution is 6.33. The lowest BCUT2D eigenvalue weighted by molar-refractivity contribution is 0.275. The van der Waals surface area contributed by atoms with Gasteiger partial charge in [-0.05, 0) is 31.9 Å². The highest BCUT2D eigenvalue weighted by Gasteiger charge is 2.35. The average Bonchev–Trinajstić information content (AvgIpc) is 2.27. The third kappa shape index (κ3) is 3.03. The summed E-state index contributed by atoms with van der Waals surface area (Å²) >= 11 is 6.22. The van der Waals surface area contributed by atoms with Crippen molar-refractivity contribution in [3.8, 4) is 0 Å². The minimum Gasteiger partial charge on any atom is -0.362 e. The summed E-state index contributed by atoms with van der Waals surface area (Å²) in [6, 6.07) is 5.14. The quantitative estimate of drug-likeness (QED) is 0.891. The molecule has 1 aliphatic heterocycles. The molecule has 1 aromatic rings. The Kier molecular flexibility index (Phi) is 4.07. The Morgan fingerprint density at radius 1 is 1.42 bits per heavy atom. The minimum absolute atomic E-state index is 0.0446. The standard InChI is InChI=1S/C15H22ClFN2/c1-10(2)13-8-18-15(3,4)9-19(13)14-11(16)6-5-7-12(14)17/h5-7,10,13,18H,8-9H2,1-4H3. The van der Waals surface area contributed by atoms with E-state index in [4.69, 9.17) is 11.6 Å². The molecule has 0 saturated carbocycles. The summed E-state index contributed by atoms with van der Waals surface area (Å²) in [5.74, 6) is 0.190. The Morgan fingerprint density at radius 3 is 2.68 bits per heavy atom. The van der Waals surface area contributed by atoms with Crippen molar-refractivity contribution in [1.82, 2.24) is 5.32 Å². The molecule has 1 aliphatic rings. The van der Waals surface area contributed by atoms with Crippen LogP contribution in [0.1, 0.15) is 27.7 Å². The SMILES string of the molecule is CC(C)C1CNC(C)(C)CN1c1c(F)cccc1Cl. The van der Waals surface area contributed by atoms with Crippen LogP contribution >= 0.6 is 11.6 Å². The van der Waals surface area contributed by atoms with Gasteiger partial charge in [0.25, 0.3) is 0 Å². The van der Waals surface area contributed by atoms with Gasteiger partial charge < -0.3 is 10.2 Å². The van der Waals surface area contributed by atoms with E-state index in [9.17, 15) is 4.39 Å². The Balaban J connectivity index is 2.42. The van der Waals surface area contributed by atoms with Gasteiger partial charge >= 0.3 is 0 Å². The van der Waals surface area contributed by atoms with Crippen LogP contribution < -0.4 is 10.2 Å². The predicted molar refractivity (Wildman–Crippen MR) is 79.5 cm³/mol. The van der Waals surface area contributed by atoms with E-state index < -0.39 is 0 Å². The van der Waals surface area contributed by atoms with E-state index in [0.717, 1.165) is 13.1 Å². The van der Waals surface area contributed by atoms with Crippen molar-refractivity contribution in [2.45, 2.75) is 39.3 Å². The van der Waals surface area contributed by atoms with Crippen LogP contribution in [0.25, 0.3) is 0 Å². The number of halogens is 2. The summed E-state index contributed by atoms with van der Waals surface area (Å²) in [7, 11) is 0. The summed E-state index contributed by atoms with van der Waals surface area (Å²) in [6.07, 6.45) is 0. The van der Waals surface area contributed by atoms with Gasteiger partial charge in [0.2, 0.25) is 0 Å². The Labute approximate surface area is 119 Å².